The van der Waals surface area contributed by atoms with Crippen LogP contribution in [0.15, 0.2) is 25.1 Å². The maximum Gasteiger partial charge on any atom is 0.291 e. The smallest absolute Gasteiger partial charge is 0.291 e. The van der Waals surface area contributed by atoms with Gasteiger partial charge in [0.15, 0.2) is 5.76 Å². The van der Waals surface area contributed by atoms with E-state index in [2.05, 4.69) is 13.2 Å². The number of rotatable bonds is 2. The van der Waals surface area contributed by atoms with E-state index in [4.69, 9.17) is 5.11 Å². The van der Waals surface area contributed by atoms with Crippen LogP contribution in [-0.4, -0.2) is 23.0 Å². The van der Waals surface area contributed by atoms with E-state index in [0.717, 1.165) is 4.90 Å². The van der Waals surface area contributed by atoms with E-state index in [1.165, 1.54) is 13.2 Å². The Labute approximate surface area is 53.9 Å². The van der Waals surface area contributed by atoms with E-state index in [9.17, 15) is 4.79 Å². The van der Waals surface area contributed by atoms with Crippen LogP contribution < -0.4 is 0 Å². The van der Waals surface area contributed by atoms with Gasteiger partial charge in [0.1, 0.15) is 0 Å². The number of hydrogen-bond acceptors (Lipinski definition) is 2. The average molecular weight is 127 g/mol. The monoisotopic (exact) mass is 127 g/mol. The van der Waals surface area contributed by atoms with Crippen molar-refractivity contribution in [2.75, 3.05) is 7.05 Å². The van der Waals surface area contributed by atoms with Gasteiger partial charge in [-0.05, 0) is 6.20 Å². The first kappa shape index (κ1) is 7.75. The van der Waals surface area contributed by atoms with Gasteiger partial charge in [0.05, 0.1) is 0 Å². The number of aliphatic hydroxyl groups is 1. The lowest BCUT2D eigenvalue weighted by molar-refractivity contribution is -0.126. The second kappa shape index (κ2) is 2.91. The lowest BCUT2D eigenvalue weighted by Gasteiger charge is -2.08. The second-order valence-corrected chi connectivity index (χ2v) is 1.55. The van der Waals surface area contributed by atoms with Crippen molar-refractivity contribution < 1.29 is 9.90 Å². The molecule has 0 unspecified atom stereocenters. The fraction of sp³-hybridized carbons (Fsp3) is 0.167. The molecule has 1 amide bonds. The summed E-state index contributed by atoms with van der Waals surface area (Å²) in [7, 11) is 1.48. The molecule has 0 saturated heterocycles. The topological polar surface area (TPSA) is 40.5 Å². The van der Waals surface area contributed by atoms with Gasteiger partial charge in [0, 0.05) is 7.05 Å². The molecule has 0 bridgehead atoms. The minimum absolute atomic E-state index is 0.475. The summed E-state index contributed by atoms with van der Waals surface area (Å²) in [4.78, 5) is 11.7. The molecule has 0 aliphatic heterocycles. The third-order valence-corrected chi connectivity index (χ3v) is 0.841. The Hall–Kier alpha value is -1.25. The molecule has 50 valence electrons. The van der Waals surface area contributed by atoms with Crippen molar-refractivity contribution in [1.29, 1.82) is 0 Å². The maximum atomic E-state index is 10.6. The quantitative estimate of drug-likeness (QED) is 0.437. The second-order valence-electron chi connectivity index (χ2n) is 1.55. The van der Waals surface area contributed by atoms with Crippen molar-refractivity contribution in [2.24, 2.45) is 0 Å². The molecule has 9 heavy (non-hydrogen) atoms. The van der Waals surface area contributed by atoms with Gasteiger partial charge in [-0.15, -0.1) is 0 Å². The Morgan fingerprint density at radius 3 is 2.33 bits per heavy atom. The zero-order valence-electron chi connectivity index (χ0n) is 5.29. The van der Waals surface area contributed by atoms with E-state index in [1.54, 1.807) is 0 Å². The Balaban J connectivity index is 4.03. The highest BCUT2D eigenvalue weighted by atomic mass is 16.3. The fourth-order valence-corrected chi connectivity index (χ4v) is 0.286. The Bertz CT molecular complexity index is 151. The molecule has 3 nitrogen and oxygen atoms in total. The van der Waals surface area contributed by atoms with Crippen LogP contribution in [0.3, 0.4) is 0 Å². The van der Waals surface area contributed by atoms with Crippen molar-refractivity contribution in [2.45, 2.75) is 0 Å². The molecule has 0 atom stereocenters. The van der Waals surface area contributed by atoms with Gasteiger partial charge in [-0.3, -0.25) is 4.79 Å². The van der Waals surface area contributed by atoms with Crippen LogP contribution in [0.5, 0.6) is 0 Å². The fourth-order valence-electron chi connectivity index (χ4n) is 0.286. The summed E-state index contributed by atoms with van der Waals surface area (Å²) < 4.78 is 0. The molecular weight excluding hydrogens is 118 g/mol. The van der Waals surface area contributed by atoms with Gasteiger partial charge in [-0.25, -0.2) is 0 Å². The van der Waals surface area contributed by atoms with Crippen molar-refractivity contribution >= 4 is 5.91 Å². The van der Waals surface area contributed by atoms with Gasteiger partial charge in [0.25, 0.3) is 5.91 Å². The van der Waals surface area contributed by atoms with Crippen LogP contribution >= 0.6 is 0 Å². The maximum absolute atomic E-state index is 10.6. The van der Waals surface area contributed by atoms with E-state index in [-0.39, 0.29) is 0 Å². The molecule has 0 spiro atoms. The highest BCUT2D eigenvalue weighted by Crippen LogP contribution is 1.91. The Morgan fingerprint density at radius 2 is 2.22 bits per heavy atom. The molecular formula is C6H9NO2. The predicted molar refractivity (Wildman–Crippen MR) is 34.7 cm³/mol. The summed E-state index contributed by atoms with van der Waals surface area (Å²) in [6.07, 6.45) is 1.30. The highest BCUT2D eigenvalue weighted by molar-refractivity contribution is 5.90. The molecule has 3 heteroatoms. The number of likely N-dealkylation sites (N-methyl/N-ethyl adjacent to an activating group) is 1. The first-order valence-corrected chi connectivity index (χ1v) is 2.37. The highest BCUT2D eigenvalue weighted by Gasteiger charge is 2.06. The van der Waals surface area contributed by atoms with Crippen molar-refractivity contribution in [3.63, 3.8) is 0 Å². The summed E-state index contributed by atoms with van der Waals surface area (Å²) in [6, 6.07) is 0. The molecule has 0 aromatic heterocycles. The lowest BCUT2D eigenvalue weighted by atomic mass is 10.5. The Morgan fingerprint density at radius 1 is 1.78 bits per heavy atom. The summed E-state index contributed by atoms with van der Waals surface area (Å²) in [5.41, 5.74) is 0. The van der Waals surface area contributed by atoms with Crippen LogP contribution in [0.4, 0.5) is 0 Å². The molecule has 0 aliphatic rings. The number of carbonyl (C=O) groups excluding carboxylic acids is 1. The number of carbonyl (C=O) groups is 1. The van der Waals surface area contributed by atoms with E-state index in [0.29, 0.717) is 0 Å². The van der Waals surface area contributed by atoms with Crippen LogP contribution in [0.25, 0.3) is 0 Å². The average Bonchev–Trinajstić information content (AvgIpc) is 1.84. The van der Waals surface area contributed by atoms with Gasteiger partial charge < -0.3 is 10.0 Å². The minimum Gasteiger partial charge on any atom is -0.503 e. The molecule has 1 N–H and O–H groups in total. The number of aliphatic hydroxyl groups excluding tert-OH is 1. The van der Waals surface area contributed by atoms with Gasteiger partial charge in [-0.2, -0.15) is 0 Å². The lowest BCUT2D eigenvalue weighted by Crippen LogP contribution is -2.21. The number of nitrogens with zero attached hydrogens (tertiary/aromatic N) is 1. The molecule has 0 radical (unpaired) electrons. The molecule has 0 saturated carbocycles. The van der Waals surface area contributed by atoms with Crippen LogP contribution in [0.1, 0.15) is 0 Å². The van der Waals surface area contributed by atoms with Crippen LogP contribution in [0, 0.1) is 0 Å². The zero-order chi connectivity index (χ0) is 7.44. The molecule has 0 aromatic rings. The summed E-state index contributed by atoms with van der Waals surface area (Å²) in [6.45, 7) is 6.36. The van der Waals surface area contributed by atoms with Crippen LogP contribution in [-0.2, 0) is 4.79 Å². The van der Waals surface area contributed by atoms with Gasteiger partial charge in [0.2, 0.25) is 0 Å². The minimum atomic E-state index is -0.537. The first-order valence-electron chi connectivity index (χ1n) is 2.37. The molecule has 0 fully saturated rings. The number of hydrogen-bond donors (Lipinski definition) is 1. The molecule has 0 aromatic carbocycles. The van der Waals surface area contributed by atoms with E-state index < -0.39 is 11.7 Å². The van der Waals surface area contributed by atoms with Crippen molar-refractivity contribution in [1.82, 2.24) is 4.90 Å². The molecule has 0 rings (SSSR count). The standard InChI is InChI=1S/C6H9NO2/c1-4-7(3)6(9)5(2)8/h4,8H,1-2H2,3H3. The first-order chi connectivity index (χ1) is 4.09. The third kappa shape index (κ3) is 1.99. The SMILES string of the molecule is C=CN(C)C(=O)C(=C)O. The summed E-state index contributed by atoms with van der Waals surface area (Å²) >= 11 is 0. The Kier molecular flexibility index (Phi) is 2.51. The molecule has 0 heterocycles. The zero-order valence-corrected chi connectivity index (χ0v) is 5.29. The largest absolute Gasteiger partial charge is 0.503 e. The van der Waals surface area contributed by atoms with Crippen LogP contribution in [0.2, 0.25) is 0 Å². The third-order valence-electron chi connectivity index (χ3n) is 0.841. The van der Waals surface area contributed by atoms with E-state index >= 15 is 0 Å². The van der Waals surface area contributed by atoms with Crippen molar-refractivity contribution in [3.8, 4) is 0 Å². The molecule has 0 aliphatic carbocycles. The van der Waals surface area contributed by atoms with Gasteiger partial charge in [-0.1, -0.05) is 13.2 Å². The number of amides is 1. The van der Waals surface area contributed by atoms with Gasteiger partial charge >= 0.3 is 0 Å². The normalized spacial score (nSPS) is 8.11. The summed E-state index contributed by atoms with van der Waals surface area (Å²) in [5, 5.41) is 8.49. The summed E-state index contributed by atoms with van der Waals surface area (Å²) in [5.74, 6) is -1.01. The van der Waals surface area contributed by atoms with Crippen molar-refractivity contribution in [3.05, 3.63) is 25.1 Å². The predicted octanol–water partition coefficient (Wildman–Crippen LogP) is 0.660. The van der Waals surface area contributed by atoms with E-state index in [1.807, 2.05) is 0 Å².